The molecule has 0 aromatic carbocycles. The standard InChI is InChI=1S/C12H11ClN4O3S/c1-20-12-15-10(13)14-11(16-12)17-4-2-7-6(3-5-21-7)8(17)9(18)19/h3,5,8H,2,4H2,1H3,(H,18,19). The van der Waals surface area contributed by atoms with Gasteiger partial charge in [-0.15, -0.1) is 11.3 Å². The third-order valence-corrected chi connectivity index (χ3v) is 4.38. The highest BCUT2D eigenvalue weighted by molar-refractivity contribution is 7.10. The summed E-state index contributed by atoms with van der Waals surface area (Å²) in [5, 5.41) is 11.4. The van der Waals surface area contributed by atoms with E-state index in [1.54, 1.807) is 16.2 Å². The Morgan fingerprint density at radius 1 is 1.52 bits per heavy atom. The average Bonchev–Trinajstić information content (AvgIpc) is 2.93. The van der Waals surface area contributed by atoms with Gasteiger partial charge in [-0.3, -0.25) is 0 Å². The minimum Gasteiger partial charge on any atom is -0.479 e. The highest BCUT2D eigenvalue weighted by Crippen LogP contribution is 2.35. The fraction of sp³-hybridized carbons (Fsp3) is 0.333. The minimum atomic E-state index is -0.954. The number of ether oxygens (including phenoxy) is 1. The van der Waals surface area contributed by atoms with Crippen molar-refractivity contribution >= 4 is 34.9 Å². The van der Waals surface area contributed by atoms with Gasteiger partial charge in [0.1, 0.15) is 0 Å². The molecule has 0 saturated carbocycles. The van der Waals surface area contributed by atoms with Gasteiger partial charge in [0.15, 0.2) is 6.04 Å². The van der Waals surface area contributed by atoms with Gasteiger partial charge in [0, 0.05) is 11.4 Å². The van der Waals surface area contributed by atoms with Gasteiger partial charge in [0.25, 0.3) is 0 Å². The maximum Gasteiger partial charge on any atom is 0.331 e. The number of aliphatic carboxylic acids is 1. The quantitative estimate of drug-likeness (QED) is 0.919. The maximum atomic E-state index is 11.7. The van der Waals surface area contributed by atoms with Gasteiger partial charge < -0.3 is 14.7 Å². The molecule has 3 heterocycles. The van der Waals surface area contributed by atoms with E-state index in [2.05, 4.69) is 15.0 Å². The first-order chi connectivity index (χ1) is 10.1. The molecule has 0 saturated heterocycles. The number of nitrogens with zero attached hydrogens (tertiary/aromatic N) is 4. The Morgan fingerprint density at radius 2 is 2.33 bits per heavy atom. The fourth-order valence-corrected chi connectivity index (χ4v) is 3.39. The molecule has 2 aromatic heterocycles. The van der Waals surface area contributed by atoms with Crippen molar-refractivity contribution in [2.24, 2.45) is 0 Å². The molecule has 0 radical (unpaired) electrons. The van der Waals surface area contributed by atoms with Crippen LogP contribution in [0, 0.1) is 0 Å². The van der Waals surface area contributed by atoms with Crippen LogP contribution in [0.5, 0.6) is 6.01 Å². The molecule has 3 rings (SSSR count). The predicted octanol–water partition coefficient (Wildman–Crippen LogP) is 1.78. The van der Waals surface area contributed by atoms with Crippen molar-refractivity contribution in [2.75, 3.05) is 18.6 Å². The van der Waals surface area contributed by atoms with Gasteiger partial charge in [-0.2, -0.15) is 15.0 Å². The molecule has 0 spiro atoms. The van der Waals surface area contributed by atoms with Crippen LogP contribution in [0.15, 0.2) is 11.4 Å². The molecule has 9 heteroatoms. The summed E-state index contributed by atoms with van der Waals surface area (Å²) >= 11 is 7.40. The second-order valence-electron chi connectivity index (χ2n) is 4.37. The number of halogens is 1. The molecule has 0 aliphatic carbocycles. The van der Waals surface area contributed by atoms with E-state index in [9.17, 15) is 9.90 Å². The summed E-state index contributed by atoms with van der Waals surface area (Å²) in [7, 11) is 1.41. The minimum absolute atomic E-state index is 0.0305. The molecule has 1 atom stereocenters. The van der Waals surface area contributed by atoms with Gasteiger partial charge in [-0.25, -0.2) is 4.79 Å². The number of carboxylic acid groups (broad SMARTS) is 1. The molecule has 2 aromatic rings. The third-order valence-electron chi connectivity index (χ3n) is 3.22. The second kappa shape index (κ2) is 5.45. The first-order valence-electron chi connectivity index (χ1n) is 6.11. The lowest BCUT2D eigenvalue weighted by molar-refractivity contribution is -0.138. The number of anilines is 1. The van der Waals surface area contributed by atoms with Crippen LogP contribution in [0.2, 0.25) is 5.28 Å². The van der Waals surface area contributed by atoms with Gasteiger partial charge in [0.05, 0.1) is 7.11 Å². The van der Waals surface area contributed by atoms with Crippen LogP contribution in [-0.4, -0.2) is 39.7 Å². The lowest BCUT2D eigenvalue weighted by Crippen LogP contribution is -2.40. The topological polar surface area (TPSA) is 88.4 Å². The van der Waals surface area contributed by atoms with E-state index in [1.807, 2.05) is 11.4 Å². The molecule has 1 N–H and O–H groups in total. The maximum absolute atomic E-state index is 11.7. The van der Waals surface area contributed by atoms with E-state index in [4.69, 9.17) is 16.3 Å². The SMILES string of the molecule is COc1nc(Cl)nc(N2CCc3sccc3C2C(=O)O)n1. The Labute approximate surface area is 129 Å². The van der Waals surface area contributed by atoms with E-state index in [1.165, 1.54) is 7.11 Å². The van der Waals surface area contributed by atoms with Crippen LogP contribution >= 0.6 is 22.9 Å². The molecule has 1 aliphatic heterocycles. The van der Waals surface area contributed by atoms with E-state index < -0.39 is 12.0 Å². The summed E-state index contributed by atoms with van der Waals surface area (Å²) in [5.41, 5.74) is 0.772. The van der Waals surface area contributed by atoms with Crippen molar-refractivity contribution in [3.8, 4) is 6.01 Å². The molecule has 0 bridgehead atoms. The highest BCUT2D eigenvalue weighted by atomic mass is 35.5. The Bertz CT molecular complexity index is 693. The smallest absolute Gasteiger partial charge is 0.331 e. The molecule has 21 heavy (non-hydrogen) atoms. The van der Waals surface area contributed by atoms with Crippen LogP contribution < -0.4 is 9.64 Å². The Balaban J connectivity index is 2.05. The summed E-state index contributed by atoms with van der Waals surface area (Å²) < 4.78 is 4.96. The molecule has 110 valence electrons. The Morgan fingerprint density at radius 3 is 3.05 bits per heavy atom. The van der Waals surface area contributed by atoms with Crippen LogP contribution in [0.1, 0.15) is 16.5 Å². The third kappa shape index (κ3) is 2.52. The van der Waals surface area contributed by atoms with Crippen molar-refractivity contribution in [1.82, 2.24) is 15.0 Å². The largest absolute Gasteiger partial charge is 0.479 e. The number of hydrogen-bond donors (Lipinski definition) is 1. The van der Waals surface area contributed by atoms with Gasteiger partial charge in [-0.05, 0) is 35.0 Å². The molecule has 1 aliphatic rings. The average molecular weight is 327 g/mol. The van der Waals surface area contributed by atoms with E-state index >= 15 is 0 Å². The van der Waals surface area contributed by atoms with Crippen LogP contribution in [-0.2, 0) is 11.2 Å². The second-order valence-corrected chi connectivity index (χ2v) is 5.71. The zero-order chi connectivity index (χ0) is 15.0. The summed E-state index contributed by atoms with van der Waals surface area (Å²) in [4.78, 5) is 26.3. The lowest BCUT2D eigenvalue weighted by atomic mass is 10.0. The van der Waals surface area contributed by atoms with Gasteiger partial charge in [0.2, 0.25) is 11.2 Å². The molecule has 1 unspecified atom stereocenters. The number of rotatable bonds is 3. The zero-order valence-electron chi connectivity index (χ0n) is 11.0. The Kier molecular flexibility index (Phi) is 3.64. The number of aromatic nitrogens is 3. The van der Waals surface area contributed by atoms with Crippen molar-refractivity contribution in [3.05, 3.63) is 27.2 Å². The molecule has 7 nitrogen and oxygen atoms in total. The predicted molar refractivity (Wildman–Crippen MR) is 77.1 cm³/mol. The van der Waals surface area contributed by atoms with E-state index in [0.29, 0.717) is 6.54 Å². The van der Waals surface area contributed by atoms with Crippen LogP contribution in [0.3, 0.4) is 0 Å². The van der Waals surface area contributed by atoms with Gasteiger partial charge >= 0.3 is 12.0 Å². The number of carboxylic acids is 1. The van der Waals surface area contributed by atoms with Crippen molar-refractivity contribution < 1.29 is 14.6 Å². The number of methoxy groups -OCH3 is 1. The summed E-state index contributed by atoms with van der Waals surface area (Å²) in [6.45, 7) is 0.494. The monoisotopic (exact) mass is 326 g/mol. The Hall–Kier alpha value is -1.93. The van der Waals surface area contributed by atoms with E-state index in [-0.39, 0.29) is 17.2 Å². The lowest BCUT2D eigenvalue weighted by Gasteiger charge is -2.33. The first-order valence-corrected chi connectivity index (χ1v) is 7.37. The number of carbonyl (C=O) groups is 1. The summed E-state index contributed by atoms with van der Waals surface area (Å²) in [5.74, 6) is -0.749. The van der Waals surface area contributed by atoms with E-state index in [0.717, 1.165) is 16.9 Å². The number of fused-ring (bicyclic) bond motifs is 1. The number of hydrogen-bond acceptors (Lipinski definition) is 7. The molecular formula is C12H11ClN4O3S. The van der Waals surface area contributed by atoms with Crippen LogP contribution in [0.4, 0.5) is 5.95 Å². The zero-order valence-corrected chi connectivity index (χ0v) is 12.6. The molecule has 0 amide bonds. The fourth-order valence-electron chi connectivity index (χ4n) is 2.34. The van der Waals surface area contributed by atoms with Gasteiger partial charge in [-0.1, -0.05) is 0 Å². The van der Waals surface area contributed by atoms with Crippen molar-refractivity contribution in [3.63, 3.8) is 0 Å². The summed E-state index contributed by atoms with van der Waals surface area (Å²) in [6, 6.07) is 1.05. The normalized spacial score (nSPS) is 17.4. The van der Waals surface area contributed by atoms with Crippen LogP contribution in [0.25, 0.3) is 0 Å². The summed E-state index contributed by atoms with van der Waals surface area (Å²) in [6.07, 6.45) is 0.738. The molecule has 0 fully saturated rings. The molecular weight excluding hydrogens is 316 g/mol. The van der Waals surface area contributed by atoms with Crippen molar-refractivity contribution in [2.45, 2.75) is 12.5 Å². The first kappa shape index (κ1) is 14.0. The number of thiophene rings is 1. The highest BCUT2D eigenvalue weighted by Gasteiger charge is 2.35. The van der Waals surface area contributed by atoms with Crippen molar-refractivity contribution in [1.29, 1.82) is 0 Å².